The molecule has 1 aliphatic rings. The lowest BCUT2D eigenvalue weighted by Crippen LogP contribution is -2.23. The lowest BCUT2D eigenvalue weighted by molar-refractivity contribution is 0.418. The van der Waals surface area contributed by atoms with E-state index in [1.165, 1.54) is 30.8 Å². The summed E-state index contributed by atoms with van der Waals surface area (Å²) in [5.41, 5.74) is 3.41. The van der Waals surface area contributed by atoms with E-state index in [4.69, 9.17) is 0 Å². The summed E-state index contributed by atoms with van der Waals surface area (Å²) in [7, 11) is 0. The highest BCUT2D eigenvalue weighted by atomic mass is 15.2. The van der Waals surface area contributed by atoms with Crippen molar-refractivity contribution in [1.82, 2.24) is 0 Å². The Morgan fingerprint density at radius 1 is 1.19 bits per heavy atom. The summed E-state index contributed by atoms with van der Waals surface area (Å²) in [5, 5.41) is 0. The first kappa shape index (κ1) is 11.5. The molecule has 16 heavy (non-hydrogen) atoms. The first-order valence-electron chi connectivity index (χ1n) is 6.33. The zero-order valence-corrected chi connectivity index (χ0v) is 11.0. The molecular weight excluding hydrogens is 194 g/mol. The van der Waals surface area contributed by atoms with Crippen molar-refractivity contribution < 1.29 is 0 Å². The smallest absolute Gasteiger partial charge is 0.0401 e. The van der Waals surface area contributed by atoms with Crippen molar-refractivity contribution in [2.24, 2.45) is 5.41 Å². The van der Waals surface area contributed by atoms with Crippen LogP contribution in [0.2, 0.25) is 0 Å². The molecule has 0 N–H and O–H groups in total. The van der Waals surface area contributed by atoms with E-state index in [2.05, 4.69) is 56.9 Å². The summed E-state index contributed by atoms with van der Waals surface area (Å²) in [6.07, 6.45) is 1.30. The van der Waals surface area contributed by atoms with Gasteiger partial charge in [-0.15, -0.1) is 0 Å². The van der Waals surface area contributed by atoms with Crippen LogP contribution >= 0.6 is 0 Å². The summed E-state index contributed by atoms with van der Waals surface area (Å²) in [5.74, 6) is 0.611. The van der Waals surface area contributed by atoms with Crippen LogP contribution in [0.1, 0.15) is 45.6 Å². The Kier molecular flexibility index (Phi) is 2.96. The number of nitrogens with zero attached hydrogens (tertiary/aromatic N) is 1. The molecule has 0 amide bonds. The first-order chi connectivity index (χ1) is 7.49. The molecule has 1 fully saturated rings. The molecular formula is C15H23N. The average molecular weight is 217 g/mol. The fourth-order valence-corrected chi connectivity index (χ4v) is 2.58. The zero-order valence-electron chi connectivity index (χ0n) is 11.0. The normalized spacial score (nSPS) is 19.4. The molecule has 1 heteroatoms. The SMILES string of the molecule is CC(C)c1ccccc1N1CCC(C)(C)C1. The third-order valence-corrected chi connectivity index (χ3v) is 3.58. The standard InChI is InChI=1S/C15H23N/c1-12(2)13-7-5-6-8-14(13)16-10-9-15(3,4)11-16/h5-8,12H,9-11H2,1-4H3. The number of anilines is 1. The number of benzene rings is 1. The molecule has 0 bridgehead atoms. The molecule has 1 aromatic carbocycles. The van der Waals surface area contributed by atoms with Gasteiger partial charge in [-0.05, 0) is 29.4 Å². The van der Waals surface area contributed by atoms with Gasteiger partial charge in [-0.25, -0.2) is 0 Å². The van der Waals surface area contributed by atoms with Crippen molar-refractivity contribution in [2.45, 2.75) is 40.0 Å². The van der Waals surface area contributed by atoms with Gasteiger partial charge in [-0.3, -0.25) is 0 Å². The maximum atomic E-state index is 2.55. The Hall–Kier alpha value is -0.980. The van der Waals surface area contributed by atoms with Crippen LogP contribution in [0.15, 0.2) is 24.3 Å². The first-order valence-corrected chi connectivity index (χ1v) is 6.33. The number of rotatable bonds is 2. The second-order valence-corrected chi connectivity index (χ2v) is 6.05. The van der Waals surface area contributed by atoms with Crippen molar-refractivity contribution in [3.05, 3.63) is 29.8 Å². The van der Waals surface area contributed by atoms with Crippen LogP contribution in [0.3, 0.4) is 0 Å². The van der Waals surface area contributed by atoms with Crippen LogP contribution in [0.25, 0.3) is 0 Å². The fourth-order valence-electron chi connectivity index (χ4n) is 2.58. The average Bonchev–Trinajstić information content (AvgIpc) is 2.59. The van der Waals surface area contributed by atoms with Crippen LogP contribution in [0.5, 0.6) is 0 Å². The Bertz CT molecular complexity index is 365. The van der Waals surface area contributed by atoms with E-state index in [1.807, 2.05) is 0 Å². The van der Waals surface area contributed by atoms with Gasteiger partial charge in [0.1, 0.15) is 0 Å². The topological polar surface area (TPSA) is 3.24 Å². The van der Waals surface area contributed by atoms with Gasteiger partial charge < -0.3 is 4.90 Å². The lowest BCUT2D eigenvalue weighted by atomic mass is 9.93. The van der Waals surface area contributed by atoms with Crippen LogP contribution in [-0.2, 0) is 0 Å². The van der Waals surface area contributed by atoms with E-state index < -0.39 is 0 Å². The highest BCUT2D eigenvalue weighted by molar-refractivity contribution is 5.55. The van der Waals surface area contributed by atoms with Crippen molar-refractivity contribution in [3.8, 4) is 0 Å². The van der Waals surface area contributed by atoms with E-state index >= 15 is 0 Å². The van der Waals surface area contributed by atoms with Gasteiger partial charge in [0.15, 0.2) is 0 Å². The van der Waals surface area contributed by atoms with Gasteiger partial charge in [0, 0.05) is 18.8 Å². The second kappa shape index (κ2) is 4.12. The molecule has 0 unspecified atom stereocenters. The van der Waals surface area contributed by atoms with Crippen LogP contribution in [-0.4, -0.2) is 13.1 Å². The molecule has 88 valence electrons. The molecule has 0 radical (unpaired) electrons. The molecule has 1 nitrogen and oxygen atoms in total. The Balaban J connectivity index is 2.28. The maximum Gasteiger partial charge on any atom is 0.0401 e. The minimum atomic E-state index is 0.476. The van der Waals surface area contributed by atoms with Gasteiger partial charge >= 0.3 is 0 Å². The Morgan fingerprint density at radius 3 is 2.44 bits per heavy atom. The summed E-state index contributed by atoms with van der Waals surface area (Å²) in [6.45, 7) is 11.7. The number of hydrogen-bond donors (Lipinski definition) is 0. The minimum Gasteiger partial charge on any atom is -0.371 e. The Morgan fingerprint density at radius 2 is 1.88 bits per heavy atom. The van der Waals surface area contributed by atoms with Gasteiger partial charge in [-0.2, -0.15) is 0 Å². The van der Waals surface area contributed by atoms with Crippen LogP contribution < -0.4 is 4.90 Å². The summed E-state index contributed by atoms with van der Waals surface area (Å²) >= 11 is 0. The van der Waals surface area contributed by atoms with Crippen molar-refractivity contribution >= 4 is 5.69 Å². The molecule has 1 heterocycles. The highest BCUT2D eigenvalue weighted by Crippen LogP contribution is 2.35. The van der Waals surface area contributed by atoms with Crippen molar-refractivity contribution in [1.29, 1.82) is 0 Å². The van der Waals surface area contributed by atoms with Crippen molar-refractivity contribution in [3.63, 3.8) is 0 Å². The molecule has 2 rings (SSSR count). The largest absolute Gasteiger partial charge is 0.371 e. The van der Waals surface area contributed by atoms with E-state index in [0.717, 1.165) is 0 Å². The molecule has 0 atom stereocenters. The molecule has 0 saturated carbocycles. The third-order valence-electron chi connectivity index (χ3n) is 3.58. The third kappa shape index (κ3) is 2.23. The molecule has 0 aliphatic carbocycles. The zero-order chi connectivity index (χ0) is 11.8. The van der Waals surface area contributed by atoms with E-state index in [-0.39, 0.29) is 0 Å². The molecule has 1 aliphatic heterocycles. The highest BCUT2D eigenvalue weighted by Gasteiger charge is 2.30. The van der Waals surface area contributed by atoms with Crippen molar-refractivity contribution in [2.75, 3.05) is 18.0 Å². The van der Waals surface area contributed by atoms with Gasteiger partial charge in [-0.1, -0.05) is 45.9 Å². The maximum absolute atomic E-state index is 2.55. The quantitative estimate of drug-likeness (QED) is 0.722. The van der Waals surface area contributed by atoms with E-state index in [9.17, 15) is 0 Å². The summed E-state index contributed by atoms with van der Waals surface area (Å²) in [6, 6.07) is 8.86. The predicted octanol–water partition coefficient (Wildman–Crippen LogP) is 4.05. The summed E-state index contributed by atoms with van der Waals surface area (Å²) in [4.78, 5) is 2.55. The predicted molar refractivity (Wildman–Crippen MR) is 71.1 cm³/mol. The van der Waals surface area contributed by atoms with Crippen LogP contribution in [0.4, 0.5) is 5.69 Å². The number of hydrogen-bond acceptors (Lipinski definition) is 1. The summed E-state index contributed by atoms with van der Waals surface area (Å²) < 4.78 is 0. The second-order valence-electron chi connectivity index (χ2n) is 6.05. The molecule has 1 saturated heterocycles. The van der Waals surface area contributed by atoms with Gasteiger partial charge in [0.2, 0.25) is 0 Å². The van der Waals surface area contributed by atoms with Gasteiger partial charge in [0.25, 0.3) is 0 Å². The lowest BCUT2D eigenvalue weighted by Gasteiger charge is -2.25. The molecule has 0 aromatic heterocycles. The van der Waals surface area contributed by atoms with E-state index in [1.54, 1.807) is 0 Å². The molecule has 0 spiro atoms. The Labute approximate surface area is 99.5 Å². The van der Waals surface area contributed by atoms with E-state index in [0.29, 0.717) is 11.3 Å². The van der Waals surface area contributed by atoms with Crippen LogP contribution in [0, 0.1) is 5.41 Å². The molecule has 1 aromatic rings. The van der Waals surface area contributed by atoms with Gasteiger partial charge in [0.05, 0.1) is 0 Å². The fraction of sp³-hybridized carbons (Fsp3) is 0.600. The number of para-hydroxylation sites is 1. The monoisotopic (exact) mass is 217 g/mol. The minimum absolute atomic E-state index is 0.476.